The number of amides is 2. The van der Waals surface area contributed by atoms with E-state index in [4.69, 9.17) is 5.73 Å². The largest absolute Gasteiger partial charge is 0.339 e. The van der Waals surface area contributed by atoms with E-state index in [1.54, 1.807) is 0 Å². The summed E-state index contributed by atoms with van der Waals surface area (Å²) in [4.78, 5) is 27.1. The summed E-state index contributed by atoms with van der Waals surface area (Å²) in [5.41, 5.74) is 8.27. The van der Waals surface area contributed by atoms with Crippen LogP contribution in [0, 0.1) is 12.8 Å². The minimum Gasteiger partial charge on any atom is -0.339 e. The fourth-order valence-electron chi connectivity index (χ4n) is 3.79. The van der Waals surface area contributed by atoms with Gasteiger partial charge in [-0.1, -0.05) is 12.5 Å². The average molecular weight is 329 g/mol. The van der Waals surface area contributed by atoms with Crippen LogP contribution in [-0.2, 0) is 4.79 Å². The molecule has 5 heteroatoms. The van der Waals surface area contributed by atoms with E-state index in [1.165, 1.54) is 0 Å². The number of nitrogens with two attached hydrogens (primary N) is 1. The van der Waals surface area contributed by atoms with Crippen LogP contribution in [-0.4, -0.2) is 35.8 Å². The van der Waals surface area contributed by atoms with Crippen molar-refractivity contribution in [2.24, 2.45) is 11.7 Å². The molecule has 0 aromatic heterocycles. The summed E-state index contributed by atoms with van der Waals surface area (Å²) in [6.07, 6.45) is 5.79. The first-order valence-electron chi connectivity index (χ1n) is 9.01. The zero-order valence-corrected chi connectivity index (χ0v) is 14.4. The van der Waals surface area contributed by atoms with Gasteiger partial charge in [-0.3, -0.25) is 9.59 Å². The van der Waals surface area contributed by atoms with E-state index in [-0.39, 0.29) is 23.8 Å². The lowest BCUT2D eigenvalue weighted by Gasteiger charge is -2.26. The Morgan fingerprint density at radius 3 is 2.62 bits per heavy atom. The second-order valence-electron chi connectivity index (χ2n) is 7.09. The van der Waals surface area contributed by atoms with Gasteiger partial charge in [-0.15, -0.1) is 0 Å². The number of nitrogens with one attached hydrogen (secondary N) is 1. The Balaban J connectivity index is 1.73. The Bertz CT molecular complexity index is 623. The summed E-state index contributed by atoms with van der Waals surface area (Å²) in [7, 11) is 0. The highest BCUT2D eigenvalue weighted by atomic mass is 16.2. The molecule has 3 rings (SSSR count). The minimum atomic E-state index is -0.0221. The Morgan fingerprint density at radius 1 is 1.17 bits per heavy atom. The van der Waals surface area contributed by atoms with Crippen molar-refractivity contribution in [1.29, 1.82) is 0 Å². The number of carbonyl (C=O) groups excluding carboxylic acids is 2. The maximum atomic E-state index is 12.6. The van der Waals surface area contributed by atoms with E-state index < -0.39 is 0 Å². The van der Waals surface area contributed by atoms with E-state index in [9.17, 15) is 9.59 Å². The van der Waals surface area contributed by atoms with Crippen LogP contribution in [0.4, 0.5) is 5.69 Å². The second-order valence-corrected chi connectivity index (χ2v) is 7.09. The summed E-state index contributed by atoms with van der Waals surface area (Å²) < 4.78 is 0. The average Bonchev–Trinajstić information content (AvgIpc) is 3.10. The van der Waals surface area contributed by atoms with Crippen LogP contribution in [0.5, 0.6) is 0 Å². The molecule has 1 saturated carbocycles. The van der Waals surface area contributed by atoms with Gasteiger partial charge in [0.15, 0.2) is 0 Å². The number of likely N-dealkylation sites (tertiary alicyclic amines) is 1. The van der Waals surface area contributed by atoms with Crippen LogP contribution in [0.25, 0.3) is 0 Å². The highest BCUT2D eigenvalue weighted by Gasteiger charge is 2.26. The van der Waals surface area contributed by atoms with Crippen molar-refractivity contribution in [1.82, 2.24) is 4.90 Å². The molecule has 2 amide bonds. The molecular formula is C19H27N3O2. The first-order valence-corrected chi connectivity index (χ1v) is 9.01. The van der Waals surface area contributed by atoms with Crippen LogP contribution in [0.2, 0.25) is 0 Å². The van der Waals surface area contributed by atoms with Crippen molar-refractivity contribution >= 4 is 17.5 Å². The van der Waals surface area contributed by atoms with Gasteiger partial charge in [-0.05, 0) is 56.7 Å². The summed E-state index contributed by atoms with van der Waals surface area (Å²) in [6, 6.07) is 5.69. The monoisotopic (exact) mass is 329 g/mol. The molecular weight excluding hydrogens is 302 g/mol. The van der Waals surface area contributed by atoms with Gasteiger partial charge in [0.25, 0.3) is 5.91 Å². The fraction of sp³-hybridized carbons (Fsp3) is 0.579. The smallest absolute Gasteiger partial charge is 0.254 e. The van der Waals surface area contributed by atoms with Crippen molar-refractivity contribution in [3.8, 4) is 0 Å². The van der Waals surface area contributed by atoms with E-state index in [1.807, 2.05) is 30.0 Å². The Kier molecular flexibility index (Phi) is 5.19. The molecule has 1 aliphatic heterocycles. The normalized spacial score (nSPS) is 24.0. The van der Waals surface area contributed by atoms with Gasteiger partial charge in [0.05, 0.1) is 0 Å². The maximum Gasteiger partial charge on any atom is 0.254 e. The molecule has 2 atom stereocenters. The topological polar surface area (TPSA) is 75.4 Å². The molecule has 2 fully saturated rings. The zero-order valence-electron chi connectivity index (χ0n) is 14.4. The highest BCUT2D eigenvalue weighted by Crippen LogP contribution is 2.27. The molecule has 0 bridgehead atoms. The Morgan fingerprint density at radius 2 is 1.92 bits per heavy atom. The van der Waals surface area contributed by atoms with Crippen LogP contribution in [0.1, 0.15) is 54.4 Å². The van der Waals surface area contributed by atoms with Crippen LogP contribution >= 0.6 is 0 Å². The predicted octanol–water partition coefficient (Wildman–Crippen LogP) is 2.69. The molecule has 2 aliphatic rings. The number of nitrogens with zero attached hydrogens (tertiary/aromatic N) is 1. The molecule has 0 spiro atoms. The van der Waals surface area contributed by atoms with Gasteiger partial charge in [-0.25, -0.2) is 0 Å². The highest BCUT2D eigenvalue weighted by molar-refractivity contribution is 5.99. The zero-order chi connectivity index (χ0) is 17.1. The lowest BCUT2D eigenvalue weighted by atomic mass is 9.85. The van der Waals surface area contributed by atoms with Crippen LogP contribution in [0.15, 0.2) is 18.2 Å². The van der Waals surface area contributed by atoms with Gasteiger partial charge in [0, 0.05) is 36.3 Å². The van der Waals surface area contributed by atoms with E-state index in [2.05, 4.69) is 5.32 Å². The number of rotatable bonds is 3. The Hall–Kier alpha value is -1.88. The van der Waals surface area contributed by atoms with Crippen molar-refractivity contribution < 1.29 is 9.59 Å². The van der Waals surface area contributed by atoms with Gasteiger partial charge in [0.1, 0.15) is 0 Å². The van der Waals surface area contributed by atoms with Gasteiger partial charge in [0.2, 0.25) is 5.91 Å². The summed E-state index contributed by atoms with van der Waals surface area (Å²) >= 11 is 0. The minimum absolute atomic E-state index is 0.0221. The van der Waals surface area contributed by atoms with Gasteiger partial charge < -0.3 is 16.0 Å². The molecule has 130 valence electrons. The lowest BCUT2D eigenvalue weighted by Crippen LogP contribution is -2.34. The molecule has 24 heavy (non-hydrogen) atoms. The van der Waals surface area contributed by atoms with Gasteiger partial charge >= 0.3 is 0 Å². The molecule has 2 unspecified atom stereocenters. The number of hydrogen-bond acceptors (Lipinski definition) is 3. The second kappa shape index (κ2) is 7.34. The molecule has 1 saturated heterocycles. The molecule has 0 radical (unpaired) electrons. The molecule has 3 N–H and O–H groups in total. The number of benzene rings is 1. The van der Waals surface area contributed by atoms with E-state index in [0.717, 1.165) is 62.9 Å². The van der Waals surface area contributed by atoms with Crippen LogP contribution < -0.4 is 11.1 Å². The Labute approximate surface area is 143 Å². The summed E-state index contributed by atoms with van der Waals surface area (Å²) in [5.74, 6) is 0.0749. The third-order valence-corrected chi connectivity index (χ3v) is 5.30. The maximum absolute atomic E-state index is 12.6. The van der Waals surface area contributed by atoms with E-state index in [0.29, 0.717) is 5.56 Å². The predicted molar refractivity (Wildman–Crippen MR) is 94.9 cm³/mol. The third kappa shape index (κ3) is 3.61. The quantitative estimate of drug-likeness (QED) is 0.895. The fourth-order valence-corrected chi connectivity index (χ4v) is 3.79. The SMILES string of the molecule is Cc1c(NC(=O)C2CCCC(N)C2)cccc1C(=O)N1CCCC1. The molecule has 1 heterocycles. The van der Waals surface area contributed by atoms with Crippen molar-refractivity contribution in [3.63, 3.8) is 0 Å². The van der Waals surface area contributed by atoms with Crippen molar-refractivity contribution in [2.75, 3.05) is 18.4 Å². The summed E-state index contributed by atoms with van der Waals surface area (Å²) in [6.45, 7) is 3.56. The van der Waals surface area contributed by atoms with Gasteiger partial charge in [-0.2, -0.15) is 0 Å². The lowest BCUT2D eigenvalue weighted by molar-refractivity contribution is -0.120. The van der Waals surface area contributed by atoms with Crippen molar-refractivity contribution in [2.45, 2.75) is 51.5 Å². The number of anilines is 1. The molecule has 1 aromatic rings. The molecule has 5 nitrogen and oxygen atoms in total. The first-order chi connectivity index (χ1) is 11.6. The summed E-state index contributed by atoms with van der Waals surface area (Å²) in [5, 5.41) is 3.02. The molecule has 1 aromatic carbocycles. The molecule has 1 aliphatic carbocycles. The first kappa shape index (κ1) is 17.0. The third-order valence-electron chi connectivity index (χ3n) is 5.30. The standard InChI is InChI=1S/C19H27N3O2/c1-13-16(19(24)22-10-2-3-11-22)8-5-9-17(13)21-18(23)14-6-4-7-15(20)12-14/h5,8-9,14-15H,2-4,6-7,10-12,20H2,1H3,(H,21,23). The van der Waals surface area contributed by atoms with E-state index >= 15 is 0 Å². The number of carbonyl (C=O) groups is 2. The van der Waals surface area contributed by atoms with Crippen LogP contribution in [0.3, 0.4) is 0 Å². The number of hydrogen-bond donors (Lipinski definition) is 2. The van der Waals surface area contributed by atoms with Crippen molar-refractivity contribution in [3.05, 3.63) is 29.3 Å².